The highest BCUT2D eigenvalue weighted by Crippen LogP contribution is 2.14. The summed E-state index contributed by atoms with van der Waals surface area (Å²) in [5.74, 6) is -0.0186. The van der Waals surface area contributed by atoms with Gasteiger partial charge >= 0.3 is 0 Å². The number of H-pyrrole nitrogens is 1. The van der Waals surface area contributed by atoms with Crippen molar-refractivity contribution in [1.29, 1.82) is 0 Å². The van der Waals surface area contributed by atoms with Gasteiger partial charge < -0.3 is 0 Å². The molecule has 1 N–H and O–H groups in total. The van der Waals surface area contributed by atoms with Gasteiger partial charge in [0.25, 0.3) is 0 Å². The summed E-state index contributed by atoms with van der Waals surface area (Å²) in [5.41, 5.74) is 2.15. The lowest BCUT2D eigenvalue weighted by atomic mass is 10.2. The van der Waals surface area contributed by atoms with E-state index in [1.54, 1.807) is 6.20 Å². The third kappa shape index (κ3) is 2.21. The molecule has 15 heavy (non-hydrogen) atoms. The molecule has 80 valence electrons. The van der Waals surface area contributed by atoms with E-state index in [0.29, 0.717) is 11.3 Å². The lowest BCUT2D eigenvalue weighted by Crippen LogP contribution is -1.92. The van der Waals surface area contributed by atoms with Crippen LogP contribution in [0.15, 0.2) is 12.3 Å². The SMILES string of the molecule is CC.CC(=O)c1[nH]nc2ncc(C)cc12. The van der Waals surface area contributed by atoms with Crippen molar-refractivity contribution in [3.05, 3.63) is 23.5 Å². The second-order valence-corrected chi connectivity index (χ2v) is 3.04. The molecule has 0 bridgehead atoms. The zero-order valence-corrected chi connectivity index (χ0v) is 9.46. The molecule has 0 saturated carbocycles. The van der Waals surface area contributed by atoms with Crippen LogP contribution in [0.4, 0.5) is 0 Å². The highest BCUT2D eigenvalue weighted by Gasteiger charge is 2.09. The Morgan fingerprint density at radius 2 is 2.07 bits per heavy atom. The third-order valence-electron chi connectivity index (χ3n) is 1.90. The number of aromatic amines is 1. The number of aryl methyl sites for hydroxylation is 1. The second kappa shape index (κ2) is 4.68. The minimum Gasteiger partial charge on any atom is -0.293 e. The van der Waals surface area contributed by atoms with Crippen molar-refractivity contribution in [3.8, 4) is 0 Å². The van der Waals surface area contributed by atoms with Crippen LogP contribution in [0.2, 0.25) is 0 Å². The maximum Gasteiger partial charge on any atom is 0.181 e. The normalized spacial score (nSPS) is 9.60. The van der Waals surface area contributed by atoms with E-state index >= 15 is 0 Å². The average Bonchev–Trinajstić information content (AvgIpc) is 2.63. The first-order valence-electron chi connectivity index (χ1n) is 5.00. The van der Waals surface area contributed by atoms with Crippen molar-refractivity contribution in [2.24, 2.45) is 0 Å². The first-order chi connectivity index (χ1) is 7.18. The fraction of sp³-hybridized carbons (Fsp3) is 0.364. The molecule has 0 aliphatic heterocycles. The number of hydrogen-bond acceptors (Lipinski definition) is 3. The van der Waals surface area contributed by atoms with E-state index in [1.165, 1.54) is 6.92 Å². The van der Waals surface area contributed by atoms with E-state index in [0.717, 1.165) is 10.9 Å². The molecule has 0 fully saturated rings. The molecule has 0 aromatic carbocycles. The molecule has 2 aromatic rings. The van der Waals surface area contributed by atoms with Crippen LogP contribution in [0.25, 0.3) is 11.0 Å². The predicted octanol–water partition coefficient (Wildman–Crippen LogP) is 2.50. The summed E-state index contributed by atoms with van der Waals surface area (Å²) in [4.78, 5) is 15.2. The zero-order valence-electron chi connectivity index (χ0n) is 9.46. The number of fused-ring (bicyclic) bond motifs is 1. The summed E-state index contributed by atoms with van der Waals surface area (Å²) >= 11 is 0. The van der Waals surface area contributed by atoms with E-state index in [4.69, 9.17) is 0 Å². The van der Waals surface area contributed by atoms with Crippen molar-refractivity contribution in [2.75, 3.05) is 0 Å². The van der Waals surface area contributed by atoms with Crippen LogP contribution in [-0.2, 0) is 0 Å². The van der Waals surface area contributed by atoms with Gasteiger partial charge in [0.15, 0.2) is 11.4 Å². The number of hydrogen-bond donors (Lipinski definition) is 1. The number of rotatable bonds is 1. The molecule has 0 amide bonds. The largest absolute Gasteiger partial charge is 0.293 e. The van der Waals surface area contributed by atoms with Gasteiger partial charge in [0.1, 0.15) is 5.69 Å². The van der Waals surface area contributed by atoms with Crippen LogP contribution < -0.4 is 0 Å². The maximum absolute atomic E-state index is 11.1. The zero-order chi connectivity index (χ0) is 11.4. The molecule has 2 heterocycles. The molecule has 2 rings (SSSR count). The Balaban J connectivity index is 0.000000531. The number of carbonyl (C=O) groups is 1. The molecule has 2 aromatic heterocycles. The van der Waals surface area contributed by atoms with Gasteiger partial charge in [-0.05, 0) is 18.6 Å². The van der Waals surface area contributed by atoms with E-state index in [2.05, 4.69) is 15.2 Å². The topological polar surface area (TPSA) is 58.6 Å². The molecule has 0 radical (unpaired) electrons. The molecular formula is C11H15N3O. The Labute approximate surface area is 88.7 Å². The minimum atomic E-state index is -0.0186. The fourth-order valence-electron chi connectivity index (χ4n) is 1.27. The smallest absolute Gasteiger partial charge is 0.181 e. The number of nitrogens with one attached hydrogen (secondary N) is 1. The number of nitrogens with zero attached hydrogens (tertiary/aromatic N) is 2. The van der Waals surface area contributed by atoms with Gasteiger partial charge in [0.05, 0.1) is 0 Å². The highest BCUT2D eigenvalue weighted by atomic mass is 16.1. The molecule has 4 nitrogen and oxygen atoms in total. The fourth-order valence-corrected chi connectivity index (χ4v) is 1.27. The van der Waals surface area contributed by atoms with E-state index in [9.17, 15) is 4.79 Å². The van der Waals surface area contributed by atoms with Gasteiger partial charge in [-0.2, -0.15) is 5.10 Å². The van der Waals surface area contributed by atoms with Crippen LogP contribution in [0.1, 0.15) is 36.8 Å². The van der Waals surface area contributed by atoms with Crippen LogP contribution in [0.3, 0.4) is 0 Å². The van der Waals surface area contributed by atoms with Crippen molar-refractivity contribution >= 4 is 16.8 Å². The summed E-state index contributed by atoms with van der Waals surface area (Å²) in [7, 11) is 0. The van der Waals surface area contributed by atoms with Crippen molar-refractivity contribution in [2.45, 2.75) is 27.7 Å². The monoisotopic (exact) mass is 205 g/mol. The summed E-state index contributed by atoms with van der Waals surface area (Å²) in [6.45, 7) is 7.44. The minimum absolute atomic E-state index is 0.0186. The van der Waals surface area contributed by atoms with E-state index in [-0.39, 0.29) is 5.78 Å². The lowest BCUT2D eigenvalue weighted by Gasteiger charge is -1.92. The van der Waals surface area contributed by atoms with Gasteiger partial charge in [-0.1, -0.05) is 13.8 Å². The Kier molecular flexibility index (Phi) is 3.55. The van der Waals surface area contributed by atoms with E-state index < -0.39 is 0 Å². The van der Waals surface area contributed by atoms with Crippen LogP contribution in [-0.4, -0.2) is 21.0 Å². The predicted molar refractivity (Wildman–Crippen MR) is 60.0 cm³/mol. The highest BCUT2D eigenvalue weighted by molar-refractivity contribution is 6.03. The molecule has 0 aliphatic carbocycles. The van der Waals surface area contributed by atoms with Crippen LogP contribution >= 0.6 is 0 Å². The van der Waals surface area contributed by atoms with Gasteiger partial charge in [-0.25, -0.2) is 4.98 Å². The van der Waals surface area contributed by atoms with Crippen molar-refractivity contribution in [1.82, 2.24) is 15.2 Å². The summed E-state index contributed by atoms with van der Waals surface area (Å²) in [5, 5.41) is 7.40. The van der Waals surface area contributed by atoms with Crippen molar-refractivity contribution in [3.63, 3.8) is 0 Å². The van der Waals surface area contributed by atoms with Gasteiger partial charge in [-0.3, -0.25) is 9.89 Å². The summed E-state index contributed by atoms with van der Waals surface area (Å²) in [6.07, 6.45) is 1.73. The molecule has 0 aliphatic rings. The summed E-state index contributed by atoms with van der Waals surface area (Å²) in [6, 6.07) is 1.91. The van der Waals surface area contributed by atoms with Gasteiger partial charge in [0, 0.05) is 18.5 Å². The number of Topliss-reactive ketones (excluding diaryl/α,β-unsaturated/α-hetero) is 1. The number of carbonyl (C=O) groups excluding carboxylic acids is 1. The van der Waals surface area contributed by atoms with Crippen LogP contribution in [0, 0.1) is 6.92 Å². The quantitative estimate of drug-likeness (QED) is 0.727. The van der Waals surface area contributed by atoms with Crippen LogP contribution in [0.5, 0.6) is 0 Å². The number of ketones is 1. The Hall–Kier alpha value is -1.71. The molecular weight excluding hydrogens is 190 g/mol. The standard InChI is InChI=1S/C9H9N3O.C2H6/c1-5-3-7-8(6(2)13)11-12-9(7)10-4-5;1-2/h3-4H,1-2H3,(H,10,11,12);1-2H3. The Morgan fingerprint density at radius 1 is 1.40 bits per heavy atom. The first kappa shape index (κ1) is 11.4. The molecule has 0 atom stereocenters. The number of pyridine rings is 1. The van der Waals surface area contributed by atoms with Crippen molar-refractivity contribution < 1.29 is 4.79 Å². The number of aromatic nitrogens is 3. The van der Waals surface area contributed by atoms with Gasteiger partial charge in [-0.15, -0.1) is 0 Å². The maximum atomic E-state index is 11.1. The third-order valence-corrected chi connectivity index (χ3v) is 1.90. The Morgan fingerprint density at radius 3 is 2.67 bits per heavy atom. The molecule has 0 unspecified atom stereocenters. The van der Waals surface area contributed by atoms with E-state index in [1.807, 2.05) is 26.8 Å². The molecule has 4 heteroatoms. The Bertz CT molecular complexity index is 474. The average molecular weight is 205 g/mol. The first-order valence-corrected chi connectivity index (χ1v) is 5.00. The lowest BCUT2D eigenvalue weighted by molar-refractivity contribution is 0.101. The summed E-state index contributed by atoms with van der Waals surface area (Å²) < 4.78 is 0. The van der Waals surface area contributed by atoms with Gasteiger partial charge in [0.2, 0.25) is 0 Å². The second-order valence-electron chi connectivity index (χ2n) is 3.04. The molecule has 0 saturated heterocycles. The molecule has 0 spiro atoms.